The van der Waals surface area contributed by atoms with E-state index in [2.05, 4.69) is 81.6 Å². The smallest absolute Gasteiger partial charge is 0.136 e. The van der Waals surface area contributed by atoms with Crippen LogP contribution in [0.4, 0.5) is 0 Å². The SMILES string of the molecule is Ic1cccc2c1OC1CCC[C@H](C2)Oc2c(I)cccc2C1. The largest absolute Gasteiger partial charge is 0.489 e. The van der Waals surface area contributed by atoms with Gasteiger partial charge in [-0.3, -0.25) is 0 Å². The quantitative estimate of drug-likeness (QED) is 0.425. The summed E-state index contributed by atoms with van der Waals surface area (Å²) in [7, 11) is 0. The van der Waals surface area contributed by atoms with E-state index in [0.717, 1.165) is 43.6 Å². The zero-order valence-electron chi connectivity index (χ0n) is 12.7. The number of fused-ring (bicyclic) bond motifs is 6. The zero-order valence-corrected chi connectivity index (χ0v) is 17.0. The first-order valence-corrected chi connectivity index (χ1v) is 10.2. The van der Waals surface area contributed by atoms with Gasteiger partial charge in [0.15, 0.2) is 0 Å². The number of hydrogen-bond donors (Lipinski definition) is 0. The maximum absolute atomic E-state index is 6.50. The van der Waals surface area contributed by atoms with Crippen molar-refractivity contribution < 1.29 is 9.47 Å². The summed E-state index contributed by atoms with van der Waals surface area (Å²) in [5.74, 6) is 2.14. The van der Waals surface area contributed by atoms with Crippen LogP contribution in [0.2, 0.25) is 0 Å². The molecule has 2 atom stereocenters. The van der Waals surface area contributed by atoms with E-state index >= 15 is 0 Å². The first-order valence-electron chi connectivity index (χ1n) is 8.09. The summed E-state index contributed by atoms with van der Waals surface area (Å²) >= 11 is 4.78. The lowest BCUT2D eigenvalue weighted by molar-refractivity contribution is 0.186. The van der Waals surface area contributed by atoms with Gasteiger partial charge in [0.05, 0.1) is 7.14 Å². The number of para-hydroxylation sites is 2. The number of benzene rings is 2. The monoisotopic (exact) mass is 532 g/mol. The van der Waals surface area contributed by atoms with E-state index < -0.39 is 0 Å². The molecule has 2 heterocycles. The molecule has 0 spiro atoms. The van der Waals surface area contributed by atoms with Gasteiger partial charge in [-0.2, -0.15) is 0 Å². The molecule has 0 radical (unpaired) electrons. The number of hydrogen-bond acceptors (Lipinski definition) is 2. The Balaban J connectivity index is 1.82. The lowest BCUT2D eigenvalue weighted by atomic mass is 10.0. The van der Waals surface area contributed by atoms with Crippen molar-refractivity contribution in [1.82, 2.24) is 0 Å². The molecule has 0 N–H and O–H groups in total. The molecule has 2 nitrogen and oxygen atoms in total. The van der Waals surface area contributed by atoms with Crippen LogP contribution in [-0.4, -0.2) is 12.2 Å². The highest BCUT2D eigenvalue weighted by atomic mass is 127. The Kier molecular flexibility index (Phi) is 4.72. The normalized spacial score (nSPS) is 23.0. The van der Waals surface area contributed by atoms with E-state index in [0.29, 0.717) is 0 Å². The molecule has 2 aliphatic heterocycles. The molecular formula is C19H18I2O2. The Morgan fingerprint density at radius 1 is 0.739 bits per heavy atom. The average Bonchev–Trinajstić information content (AvgIpc) is 2.66. The van der Waals surface area contributed by atoms with E-state index in [1.54, 1.807) is 0 Å². The summed E-state index contributed by atoms with van der Waals surface area (Å²) in [6.07, 6.45) is 5.63. The molecule has 4 heteroatoms. The molecule has 2 aromatic rings. The van der Waals surface area contributed by atoms with Crippen LogP contribution < -0.4 is 9.47 Å². The van der Waals surface area contributed by atoms with Crippen LogP contribution in [0.15, 0.2) is 36.4 Å². The molecule has 0 aromatic heterocycles. The van der Waals surface area contributed by atoms with Crippen molar-refractivity contribution in [2.24, 2.45) is 0 Å². The molecule has 0 amide bonds. The number of rotatable bonds is 0. The third-order valence-corrected chi connectivity index (χ3v) is 6.31. The van der Waals surface area contributed by atoms with Gasteiger partial charge in [-0.25, -0.2) is 0 Å². The van der Waals surface area contributed by atoms with Gasteiger partial charge < -0.3 is 9.47 Å². The number of halogens is 2. The molecule has 2 bridgehead atoms. The minimum Gasteiger partial charge on any atom is -0.489 e. The molecule has 1 unspecified atom stereocenters. The Bertz CT molecular complexity index is 668. The highest BCUT2D eigenvalue weighted by Gasteiger charge is 2.27. The highest BCUT2D eigenvalue weighted by Crippen LogP contribution is 2.37. The van der Waals surface area contributed by atoms with Crippen molar-refractivity contribution >= 4 is 45.2 Å². The van der Waals surface area contributed by atoms with Crippen molar-refractivity contribution in [3.8, 4) is 11.5 Å². The van der Waals surface area contributed by atoms with Crippen LogP contribution in [0, 0.1) is 7.14 Å². The fourth-order valence-corrected chi connectivity index (χ4v) is 4.86. The van der Waals surface area contributed by atoms with E-state index in [4.69, 9.17) is 9.47 Å². The summed E-state index contributed by atoms with van der Waals surface area (Å²) in [5, 5.41) is 0. The Morgan fingerprint density at radius 2 is 1.22 bits per heavy atom. The van der Waals surface area contributed by atoms with E-state index in [-0.39, 0.29) is 12.2 Å². The van der Waals surface area contributed by atoms with E-state index in [1.807, 2.05) is 0 Å². The fourth-order valence-electron chi connectivity index (χ4n) is 3.49. The molecule has 2 aliphatic rings. The Hall–Kier alpha value is -0.500. The summed E-state index contributed by atoms with van der Waals surface area (Å²) < 4.78 is 15.4. The van der Waals surface area contributed by atoms with Crippen LogP contribution in [0.25, 0.3) is 0 Å². The minimum absolute atomic E-state index is 0.224. The van der Waals surface area contributed by atoms with Crippen LogP contribution in [-0.2, 0) is 12.8 Å². The lowest BCUT2D eigenvalue weighted by Gasteiger charge is -2.25. The van der Waals surface area contributed by atoms with Crippen molar-refractivity contribution in [2.75, 3.05) is 0 Å². The molecule has 0 saturated carbocycles. The first kappa shape index (κ1) is 16.0. The maximum atomic E-state index is 6.50. The second kappa shape index (κ2) is 6.78. The third kappa shape index (κ3) is 3.34. The van der Waals surface area contributed by atoms with Crippen LogP contribution >= 0.6 is 45.2 Å². The summed E-state index contributed by atoms with van der Waals surface area (Å²) in [5.41, 5.74) is 2.56. The highest BCUT2D eigenvalue weighted by molar-refractivity contribution is 14.1. The van der Waals surface area contributed by atoms with Gasteiger partial charge in [-0.15, -0.1) is 0 Å². The molecule has 120 valence electrons. The Morgan fingerprint density at radius 3 is 1.70 bits per heavy atom. The van der Waals surface area contributed by atoms with Crippen LogP contribution in [0.1, 0.15) is 30.4 Å². The standard InChI is InChI=1S/C19H18I2O2/c20-16-8-1-4-12-10-14-6-3-7-15(22-18(12)16)11-13-5-2-9-17(21)19(13)23-14/h1-2,4-5,8-9,14-15H,3,6-7,10-11H2/t14-,15?/m1/s1. The molecule has 4 rings (SSSR count). The first-order chi connectivity index (χ1) is 11.2. The van der Waals surface area contributed by atoms with Crippen molar-refractivity contribution in [3.63, 3.8) is 0 Å². The molecule has 0 fully saturated rings. The second-order valence-corrected chi connectivity index (χ2v) is 8.60. The average molecular weight is 532 g/mol. The fraction of sp³-hybridized carbons (Fsp3) is 0.368. The summed E-state index contributed by atoms with van der Waals surface area (Å²) in [6, 6.07) is 12.9. The van der Waals surface area contributed by atoms with Gasteiger partial charge >= 0.3 is 0 Å². The third-order valence-electron chi connectivity index (χ3n) is 4.61. The predicted octanol–water partition coefficient (Wildman–Crippen LogP) is 5.37. The summed E-state index contributed by atoms with van der Waals surface area (Å²) in [6.45, 7) is 0. The zero-order chi connectivity index (χ0) is 15.8. The Labute approximate surface area is 164 Å². The number of ether oxygens (including phenoxy) is 2. The van der Waals surface area contributed by atoms with Gasteiger partial charge in [0.1, 0.15) is 23.7 Å². The molecule has 0 saturated heterocycles. The maximum Gasteiger partial charge on any atom is 0.136 e. The summed E-state index contributed by atoms with van der Waals surface area (Å²) in [4.78, 5) is 0. The molecule has 2 aromatic carbocycles. The van der Waals surface area contributed by atoms with Gasteiger partial charge in [0.2, 0.25) is 0 Å². The van der Waals surface area contributed by atoms with E-state index in [1.165, 1.54) is 18.3 Å². The van der Waals surface area contributed by atoms with Gasteiger partial charge in [0, 0.05) is 12.8 Å². The molecule has 23 heavy (non-hydrogen) atoms. The van der Waals surface area contributed by atoms with E-state index in [9.17, 15) is 0 Å². The molecular weight excluding hydrogens is 514 g/mol. The van der Waals surface area contributed by atoms with Crippen molar-refractivity contribution in [1.29, 1.82) is 0 Å². The minimum atomic E-state index is 0.224. The predicted molar refractivity (Wildman–Crippen MR) is 108 cm³/mol. The van der Waals surface area contributed by atoms with Crippen molar-refractivity contribution in [3.05, 3.63) is 54.7 Å². The van der Waals surface area contributed by atoms with Gasteiger partial charge in [0.25, 0.3) is 0 Å². The molecule has 0 aliphatic carbocycles. The van der Waals surface area contributed by atoms with Crippen molar-refractivity contribution in [2.45, 2.75) is 44.3 Å². The topological polar surface area (TPSA) is 18.5 Å². The lowest BCUT2D eigenvalue weighted by Crippen LogP contribution is -2.23. The second-order valence-electron chi connectivity index (χ2n) is 6.28. The van der Waals surface area contributed by atoms with Crippen LogP contribution in [0.5, 0.6) is 11.5 Å². The van der Waals surface area contributed by atoms with Gasteiger partial charge in [-0.05, 0) is 87.7 Å². The van der Waals surface area contributed by atoms with Crippen LogP contribution in [0.3, 0.4) is 0 Å². The van der Waals surface area contributed by atoms with Gasteiger partial charge in [-0.1, -0.05) is 24.3 Å².